The Morgan fingerprint density at radius 3 is 2.15 bits per heavy atom. The summed E-state index contributed by atoms with van der Waals surface area (Å²) in [6, 6.07) is 4.34. The first-order valence-electron chi connectivity index (χ1n) is 9.84. The predicted octanol–water partition coefficient (Wildman–Crippen LogP) is 0.492. The van der Waals surface area contributed by atoms with Gasteiger partial charge in [-0.1, -0.05) is 6.07 Å². The van der Waals surface area contributed by atoms with Crippen molar-refractivity contribution in [1.82, 2.24) is 20.4 Å². The van der Waals surface area contributed by atoms with Gasteiger partial charge in [0.05, 0.1) is 13.2 Å². The van der Waals surface area contributed by atoms with Gasteiger partial charge in [-0.3, -0.25) is 14.5 Å². The molecule has 27 heavy (non-hydrogen) atoms. The fraction of sp³-hybridized carbons (Fsp3) is 0.684. The number of likely N-dealkylation sites (tertiary alicyclic amines) is 1. The summed E-state index contributed by atoms with van der Waals surface area (Å²) < 4.78 is 5.29. The van der Waals surface area contributed by atoms with Gasteiger partial charge >= 0.3 is 11.8 Å². The maximum atomic E-state index is 11.9. The molecule has 1 aromatic rings. The van der Waals surface area contributed by atoms with Crippen LogP contribution in [-0.2, 0) is 14.3 Å². The minimum absolute atomic E-state index is 0.489. The highest BCUT2D eigenvalue weighted by atomic mass is 32.1. The van der Waals surface area contributed by atoms with E-state index in [9.17, 15) is 9.59 Å². The van der Waals surface area contributed by atoms with E-state index in [0.717, 1.165) is 65.3 Å². The smallest absolute Gasteiger partial charge is 0.309 e. The summed E-state index contributed by atoms with van der Waals surface area (Å²) in [7, 11) is 0. The monoisotopic (exact) mass is 394 g/mol. The molecule has 0 aliphatic carbocycles. The zero-order valence-electron chi connectivity index (χ0n) is 15.8. The molecule has 2 N–H and O–H groups in total. The molecule has 0 atom stereocenters. The van der Waals surface area contributed by atoms with E-state index in [1.807, 2.05) is 11.3 Å². The van der Waals surface area contributed by atoms with Crippen LogP contribution in [0.15, 0.2) is 17.5 Å². The number of carbonyl (C=O) groups is 2. The number of carbonyl (C=O) groups excluding carboxylic acids is 2. The number of rotatable bonds is 7. The Labute approximate surface area is 165 Å². The summed E-state index contributed by atoms with van der Waals surface area (Å²) in [5.74, 6) is -0.404. The lowest BCUT2D eigenvalue weighted by Crippen LogP contribution is -2.46. The molecule has 3 heterocycles. The van der Waals surface area contributed by atoms with E-state index >= 15 is 0 Å². The Hall–Kier alpha value is -1.48. The standard InChI is InChI=1S/C19H30N4O3S/c24-18(19(25)21-6-10-23-11-13-26-14-12-23)20-5-9-22-7-3-16(4-8-22)17-2-1-15-27-17/h1-2,15-16H,3-14H2,(H,20,24)(H,21,25). The minimum atomic E-state index is -0.542. The van der Waals surface area contributed by atoms with Crippen LogP contribution in [0.5, 0.6) is 0 Å². The Morgan fingerprint density at radius 1 is 1.00 bits per heavy atom. The predicted molar refractivity (Wildman–Crippen MR) is 106 cm³/mol. The lowest BCUT2D eigenvalue weighted by molar-refractivity contribution is -0.139. The fourth-order valence-electron chi connectivity index (χ4n) is 3.61. The molecule has 2 saturated heterocycles. The number of nitrogens with zero attached hydrogens (tertiary/aromatic N) is 2. The molecule has 0 unspecified atom stereocenters. The summed E-state index contributed by atoms with van der Waals surface area (Å²) in [6.45, 7) is 7.87. The van der Waals surface area contributed by atoms with Crippen LogP contribution in [0.25, 0.3) is 0 Å². The van der Waals surface area contributed by atoms with Crippen LogP contribution < -0.4 is 10.6 Å². The first kappa shape index (κ1) is 20.3. The molecule has 7 nitrogen and oxygen atoms in total. The van der Waals surface area contributed by atoms with Crippen molar-refractivity contribution in [3.63, 3.8) is 0 Å². The molecule has 2 aliphatic heterocycles. The van der Waals surface area contributed by atoms with Crippen molar-refractivity contribution in [3.8, 4) is 0 Å². The van der Waals surface area contributed by atoms with Gasteiger partial charge in [-0.2, -0.15) is 0 Å². The van der Waals surface area contributed by atoms with Crippen LogP contribution in [0.3, 0.4) is 0 Å². The highest BCUT2D eigenvalue weighted by Gasteiger charge is 2.21. The third kappa shape index (κ3) is 6.57. The normalized spacial score (nSPS) is 19.7. The van der Waals surface area contributed by atoms with Gasteiger partial charge in [0, 0.05) is 44.1 Å². The van der Waals surface area contributed by atoms with Gasteiger partial charge in [0.15, 0.2) is 0 Å². The zero-order valence-corrected chi connectivity index (χ0v) is 16.6. The molecule has 0 spiro atoms. The van der Waals surface area contributed by atoms with Gasteiger partial charge in [0.25, 0.3) is 0 Å². The quantitative estimate of drug-likeness (QED) is 0.659. The molecule has 8 heteroatoms. The molecule has 2 fully saturated rings. The van der Waals surface area contributed by atoms with Crippen LogP contribution in [0.2, 0.25) is 0 Å². The van der Waals surface area contributed by atoms with E-state index in [0.29, 0.717) is 19.0 Å². The highest BCUT2D eigenvalue weighted by Crippen LogP contribution is 2.30. The molecule has 2 amide bonds. The summed E-state index contributed by atoms with van der Waals surface area (Å²) in [6.07, 6.45) is 2.33. The Balaban J connectivity index is 1.24. The van der Waals surface area contributed by atoms with Crippen LogP contribution in [0, 0.1) is 0 Å². The van der Waals surface area contributed by atoms with Gasteiger partial charge in [-0.05, 0) is 43.3 Å². The van der Waals surface area contributed by atoms with Crippen molar-refractivity contribution in [3.05, 3.63) is 22.4 Å². The van der Waals surface area contributed by atoms with Crippen molar-refractivity contribution in [2.45, 2.75) is 18.8 Å². The molecule has 0 radical (unpaired) electrons. The topological polar surface area (TPSA) is 73.9 Å². The van der Waals surface area contributed by atoms with E-state index in [1.54, 1.807) is 0 Å². The van der Waals surface area contributed by atoms with Crippen LogP contribution in [0.4, 0.5) is 0 Å². The van der Waals surface area contributed by atoms with Gasteiger partial charge in [0.2, 0.25) is 0 Å². The van der Waals surface area contributed by atoms with Crippen LogP contribution >= 0.6 is 11.3 Å². The fourth-order valence-corrected chi connectivity index (χ4v) is 4.50. The van der Waals surface area contributed by atoms with Crippen LogP contribution in [-0.4, -0.2) is 87.2 Å². The van der Waals surface area contributed by atoms with Crippen molar-refractivity contribution < 1.29 is 14.3 Å². The Kier molecular flexibility index (Phi) is 8.07. The van der Waals surface area contributed by atoms with E-state index in [4.69, 9.17) is 4.74 Å². The van der Waals surface area contributed by atoms with Gasteiger partial charge < -0.3 is 20.3 Å². The van der Waals surface area contributed by atoms with E-state index in [2.05, 4.69) is 37.9 Å². The number of hydrogen-bond donors (Lipinski definition) is 2. The number of hydrogen-bond acceptors (Lipinski definition) is 6. The lowest BCUT2D eigenvalue weighted by atomic mass is 9.95. The maximum Gasteiger partial charge on any atom is 0.309 e. The molecule has 0 bridgehead atoms. The molecular weight excluding hydrogens is 364 g/mol. The van der Waals surface area contributed by atoms with E-state index < -0.39 is 11.8 Å². The number of amides is 2. The molecule has 0 aromatic carbocycles. The van der Waals surface area contributed by atoms with Crippen LogP contribution in [0.1, 0.15) is 23.6 Å². The van der Waals surface area contributed by atoms with Crippen molar-refractivity contribution >= 4 is 23.2 Å². The molecule has 150 valence electrons. The number of nitrogens with one attached hydrogen (secondary N) is 2. The molecule has 2 aliphatic rings. The second kappa shape index (κ2) is 10.8. The third-order valence-electron chi connectivity index (χ3n) is 5.27. The average molecular weight is 395 g/mol. The Morgan fingerprint density at radius 2 is 1.59 bits per heavy atom. The number of morpholine rings is 1. The SMILES string of the molecule is O=C(NCCN1CCOCC1)C(=O)NCCN1CCC(c2cccs2)CC1. The number of piperidine rings is 1. The van der Waals surface area contributed by atoms with E-state index in [1.165, 1.54) is 4.88 Å². The Bertz CT molecular complexity index is 582. The van der Waals surface area contributed by atoms with Gasteiger partial charge in [0.1, 0.15) is 0 Å². The van der Waals surface area contributed by atoms with Crippen molar-refractivity contribution in [2.24, 2.45) is 0 Å². The first-order chi connectivity index (χ1) is 13.2. The molecule has 3 rings (SSSR count). The van der Waals surface area contributed by atoms with Crippen molar-refractivity contribution in [1.29, 1.82) is 0 Å². The molecule has 0 saturated carbocycles. The first-order valence-corrected chi connectivity index (χ1v) is 10.7. The summed E-state index contributed by atoms with van der Waals surface area (Å²) in [4.78, 5) is 29.8. The summed E-state index contributed by atoms with van der Waals surface area (Å²) >= 11 is 1.84. The molecule has 1 aromatic heterocycles. The summed E-state index contributed by atoms with van der Waals surface area (Å²) in [5, 5.41) is 7.57. The van der Waals surface area contributed by atoms with E-state index in [-0.39, 0.29) is 0 Å². The second-order valence-corrected chi connectivity index (χ2v) is 8.08. The summed E-state index contributed by atoms with van der Waals surface area (Å²) in [5.41, 5.74) is 0. The number of ether oxygens (including phenoxy) is 1. The minimum Gasteiger partial charge on any atom is -0.379 e. The molecular formula is C19H30N4O3S. The van der Waals surface area contributed by atoms with Gasteiger partial charge in [-0.15, -0.1) is 11.3 Å². The average Bonchev–Trinajstić information content (AvgIpc) is 3.24. The zero-order chi connectivity index (χ0) is 18.9. The maximum absolute atomic E-state index is 11.9. The largest absolute Gasteiger partial charge is 0.379 e. The van der Waals surface area contributed by atoms with Crippen molar-refractivity contribution in [2.75, 3.05) is 65.6 Å². The second-order valence-electron chi connectivity index (χ2n) is 7.10. The van der Waals surface area contributed by atoms with Gasteiger partial charge in [-0.25, -0.2) is 0 Å². The lowest BCUT2D eigenvalue weighted by Gasteiger charge is -2.31. The third-order valence-corrected chi connectivity index (χ3v) is 6.31. The number of thiophene rings is 1. The highest BCUT2D eigenvalue weighted by molar-refractivity contribution is 7.10.